The quantitative estimate of drug-likeness (QED) is 0.876. The predicted molar refractivity (Wildman–Crippen MR) is 93.8 cm³/mol. The van der Waals surface area contributed by atoms with E-state index in [1.807, 2.05) is 0 Å². The van der Waals surface area contributed by atoms with Crippen LogP contribution in [0.5, 0.6) is 0 Å². The smallest absolute Gasteiger partial charge is 0.0642 e. The van der Waals surface area contributed by atoms with Crippen LogP contribution in [-0.4, -0.2) is 44.1 Å². The molecule has 4 heteroatoms. The lowest BCUT2D eigenvalue weighted by Crippen LogP contribution is -2.43. The molecule has 2 unspecified atom stereocenters. The van der Waals surface area contributed by atoms with Gasteiger partial charge in [0.2, 0.25) is 0 Å². The highest BCUT2D eigenvalue weighted by Crippen LogP contribution is 2.35. The number of ether oxygens (including phenoxy) is 1. The number of hydrogen-bond donors (Lipinski definition) is 2. The minimum atomic E-state index is -0.160. The normalized spacial score (nSPS) is 28.8. The summed E-state index contributed by atoms with van der Waals surface area (Å²) in [7, 11) is 0. The lowest BCUT2D eigenvalue weighted by atomic mass is 9.73. The van der Waals surface area contributed by atoms with Crippen molar-refractivity contribution in [3.63, 3.8) is 0 Å². The summed E-state index contributed by atoms with van der Waals surface area (Å²) in [5.74, 6) is 0. The van der Waals surface area contributed by atoms with E-state index < -0.39 is 0 Å². The maximum atomic E-state index is 10.3. The van der Waals surface area contributed by atoms with Crippen molar-refractivity contribution in [3.05, 3.63) is 29.8 Å². The van der Waals surface area contributed by atoms with Gasteiger partial charge in [0, 0.05) is 37.3 Å². The summed E-state index contributed by atoms with van der Waals surface area (Å²) < 4.78 is 5.40. The third-order valence-corrected chi connectivity index (χ3v) is 5.45. The van der Waals surface area contributed by atoms with Gasteiger partial charge >= 0.3 is 0 Å². The fourth-order valence-electron chi connectivity index (χ4n) is 3.73. The van der Waals surface area contributed by atoms with Gasteiger partial charge in [-0.3, -0.25) is 0 Å². The molecule has 0 radical (unpaired) electrons. The Labute approximate surface area is 139 Å². The van der Waals surface area contributed by atoms with E-state index in [-0.39, 0.29) is 11.5 Å². The van der Waals surface area contributed by atoms with Crippen LogP contribution in [0.1, 0.15) is 38.2 Å². The second-order valence-electron chi connectivity index (χ2n) is 7.29. The van der Waals surface area contributed by atoms with E-state index in [0.717, 1.165) is 52.2 Å². The Balaban J connectivity index is 1.48. The van der Waals surface area contributed by atoms with Crippen LogP contribution in [0.25, 0.3) is 0 Å². The predicted octanol–water partition coefficient (Wildman–Crippen LogP) is 2.55. The lowest BCUT2D eigenvalue weighted by Gasteiger charge is -2.38. The number of benzene rings is 1. The maximum Gasteiger partial charge on any atom is 0.0642 e. The second-order valence-corrected chi connectivity index (χ2v) is 7.29. The number of hydrogen-bond acceptors (Lipinski definition) is 4. The number of nitrogens with one attached hydrogen (secondary N) is 1. The molecule has 23 heavy (non-hydrogen) atoms. The molecule has 1 aromatic carbocycles. The van der Waals surface area contributed by atoms with Gasteiger partial charge in [0.1, 0.15) is 0 Å². The second kappa shape index (κ2) is 7.65. The highest BCUT2D eigenvalue weighted by molar-refractivity contribution is 5.47. The number of anilines is 1. The Morgan fingerprint density at radius 3 is 2.65 bits per heavy atom. The summed E-state index contributed by atoms with van der Waals surface area (Å²) in [4.78, 5) is 2.38. The lowest BCUT2D eigenvalue weighted by molar-refractivity contribution is 0.00115. The number of aliphatic hydroxyl groups is 1. The molecule has 2 atom stereocenters. The standard InChI is InChI=1S/C19H30N2O2/c1-19(9-3-2-4-18(19)22)15-20-14-16-5-7-17(8-6-16)21-10-12-23-13-11-21/h5-8,18,20,22H,2-4,9-15H2,1H3. The Kier molecular flexibility index (Phi) is 5.57. The third kappa shape index (κ3) is 4.25. The van der Waals surface area contributed by atoms with E-state index in [1.54, 1.807) is 0 Å². The van der Waals surface area contributed by atoms with Gasteiger partial charge in [-0.2, -0.15) is 0 Å². The summed E-state index contributed by atoms with van der Waals surface area (Å²) in [5, 5.41) is 13.8. The van der Waals surface area contributed by atoms with Crippen LogP contribution in [0, 0.1) is 5.41 Å². The highest BCUT2D eigenvalue weighted by atomic mass is 16.5. The molecule has 0 amide bonds. The van der Waals surface area contributed by atoms with Crippen molar-refractivity contribution in [1.29, 1.82) is 0 Å². The maximum absolute atomic E-state index is 10.3. The van der Waals surface area contributed by atoms with Gasteiger partial charge in [-0.25, -0.2) is 0 Å². The van der Waals surface area contributed by atoms with Gasteiger partial charge in [0.05, 0.1) is 19.3 Å². The number of morpholine rings is 1. The number of aliphatic hydroxyl groups excluding tert-OH is 1. The third-order valence-electron chi connectivity index (χ3n) is 5.45. The van der Waals surface area contributed by atoms with Crippen molar-refractivity contribution in [2.24, 2.45) is 5.41 Å². The first-order chi connectivity index (χ1) is 11.2. The topological polar surface area (TPSA) is 44.7 Å². The molecule has 1 saturated carbocycles. The molecule has 3 rings (SSSR count). The molecular weight excluding hydrogens is 288 g/mol. The minimum Gasteiger partial charge on any atom is -0.393 e. The van der Waals surface area contributed by atoms with Crippen LogP contribution < -0.4 is 10.2 Å². The van der Waals surface area contributed by atoms with Crippen molar-refractivity contribution < 1.29 is 9.84 Å². The zero-order chi connectivity index (χ0) is 16.1. The van der Waals surface area contributed by atoms with Crippen molar-refractivity contribution in [2.45, 2.75) is 45.3 Å². The van der Waals surface area contributed by atoms with Gasteiger partial charge in [0.25, 0.3) is 0 Å². The summed E-state index contributed by atoms with van der Waals surface area (Å²) in [6.07, 6.45) is 4.32. The van der Waals surface area contributed by atoms with Crippen LogP contribution >= 0.6 is 0 Å². The fraction of sp³-hybridized carbons (Fsp3) is 0.684. The van der Waals surface area contributed by atoms with Crippen LogP contribution in [0.3, 0.4) is 0 Å². The molecule has 1 aromatic rings. The Bertz CT molecular complexity index is 485. The average molecular weight is 318 g/mol. The van der Waals surface area contributed by atoms with E-state index >= 15 is 0 Å². The Morgan fingerprint density at radius 2 is 1.96 bits per heavy atom. The van der Waals surface area contributed by atoms with Crippen LogP contribution in [0.15, 0.2) is 24.3 Å². The molecule has 1 heterocycles. The van der Waals surface area contributed by atoms with E-state index in [2.05, 4.69) is 41.4 Å². The largest absolute Gasteiger partial charge is 0.393 e. The van der Waals surface area contributed by atoms with Crippen molar-refractivity contribution in [1.82, 2.24) is 5.32 Å². The molecular formula is C19H30N2O2. The first kappa shape index (κ1) is 16.7. The van der Waals surface area contributed by atoms with Crippen molar-refractivity contribution >= 4 is 5.69 Å². The SMILES string of the molecule is CC1(CNCc2ccc(N3CCOCC3)cc2)CCCCC1O. The minimum absolute atomic E-state index is 0.0337. The van der Waals surface area contributed by atoms with E-state index in [0.29, 0.717) is 0 Å². The summed E-state index contributed by atoms with van der Waals surface area (Å²) in [5.41, 5.74) is 2.62. The van der Waals surface area contributed by atoms with Crippen LogP contribution in [0.4, 0.5) is 5.69 Å². The highest BCUT2D eigenvalue weighted by Gasteiger charge is 2.34. The molecule has 0 bridgehead atoms. The Morgan fingerprint density at radius 1 is 1.22 bits per heavy atom. The zero-order valence-corrected chi connectivity index (χ0v) is 14.3. The van der Waals surface area contributed by atoms with Gasteiger partial charge in [-0.05, 0) is 30.5 Å². The molecule has 2 aliphatic rings. The van der Waals surface area contributed by atoms with Gasteiger partial charge < -0.3 is 20.1 Å². The molecule has 4 nitrogen and oxygen atoms in total. The zero-order valence-electron chi connectivity index (χ0n) is 14.3. The molecule has 2 N–H and O–H groups in total. The van der Waals surface area contributed by atoms with E-state index in [1.165, 1.54) is 24.1 Å². The first-order valence-electron chi connectivity index (χ1n) is 8.98. The summed E-state index contributed by atoms with van der Waals surface area (Å²) in [6.45, 7) is 7.58. The van der Waals surface area contributed by atoms with Gasteiger partial charge in [0.15, 0.2) is 0 Å². The fourth-order valence-corrected chi connectivity index (χ4v) is 3.73. The van der Waals surface area contributed by atoms with Gasteiger partial charge in [-0.15, -0.1) is 0 Å². The first-order valence-corrected chi connectivity index (χ1v) is 8.98. The average Bonchev–Trinajstić information content (AvgIpc) is 2.59. The molecule has 0 spiro atoms. The molecule has 1 aliphatic heterocycles. The van der Waals surface area contributed by atoms with Crippen molar-refractivity contribution in [3.8, 4) is 0 Å². The monoisotopic (exact) mass is 318 g/mol. The van der Waals surface area contributed by atoms with E-state index in [9.17, 15) is 5.11 Å². The summed E-state index contributed by atoms with van der Waals surface area (Å²) in [6, 6.07) is 8.83. The van der Waals surface area contributed by atoms with Gasteiger partial charge in [-0.1, -0.05) is 31.9 Å². The van der Waals surface area contributed by atoms with Crippen LogP contribution in [-0.2, 0) is 11.3 Å². The van der Waals surface area contributed by atoms with Crippen LogP contribution in [0.2, 0.25) is 0 Å². The number of rotatable bonds is 5. The summed E-state index contributed by atoms with van der Waals surface area (Å²) >= 11 is 0. The molecule has 1 saturated heterocycles. The molecule has 2 fully saturated rings. The number of nitrogens with zero attached hydrogens (tertiary/aromatic N) is 1. The van der Waals surface area contributed by atoms with Crippen molar-refractivity contribution in [2.75, 3.05) is 37.7 Å². The molecule has 1 aliphatic carbocycles. The molecule has 128 valence electrons. The molecule has 0 aromatic heterocycles. The van der Waals surface area contributed by atoms with E-state index in [4.69, 9.17) is 4.74 Å². The Hall–Kier alpha value is -1.10.